The number of carboxylic acid groups (broad SMARTS) is 1. The number of aryl methyl sites for hydroxylation is 1. The van der Waals surface area contributed by atoms with E-state index in [1.54, 1.807) is 24.3 Å². The fourth-order valence-corrected chi connectivity index (χ4v) is 1.69. The maximum absolute atomic E-state index is 11.7. The predicted molar refractivity (Wildman–Crippen MR) is 63.1 cm³/mol. The lowest BCUT2D eigenvalue weighted by atomic mass is 10.1. The van der Waals surface area contributed by atoms with Gasteiger partial charge in [-0.3, -0.25) is 9.59 Å². The van der Waals surface area contributed by atoms with Gasteiger partial charge in [-0.05, 0) is 18.6 Å². The first-order valence-electron chi connectivity index (χ1n) is 5.40. The Kier molecular flexibility index (Phi) is 3.23. The molecule has 1 aromatic heterocycles. The molecule has 1 heterocycles. The molecule has 0 fully saturated rings. The predicted octanol–water partition coefficient (Wildman–Crippen LogP) is 2.20. The molecular formula is C13H12O4. The molecule has 0 aliphatic rings. The highest BCUT2D eigenvalue weighted by molar-refractivity contribution is 5.76. The summed E-state index contributed by atoms with van der Waals surface area (Å²) in [5.74, 6) is -0.303. The monoisotopic (exact) mass is 232 g/mol. The van der Waals surface area contributed by atoms with Crippen LogP contribution in [0.5, 0.6) is 0 Å². The van der Waals surface area contributed by atoms with Gasteiger partial charge in [0.25, 0.3) is 0 Å². The molecule has 0 aliphatic carbocycles. The molecule has 0 spiro atoms. The first-order chi connectivity index (χ1) is 8.16. The van der Waals surface area contributed by atoms with Crippen LogP contribution in [-0.2, 0) is 11.2 Å². The smallest absolute Gasteiger partial charge is 0.303 e. The summed E-state index contributed by atoms with van der Waals surface area (Å²) < 4.78 is 5.53. The third kappa shape index (κ3) is 2.72. The Bertz CT molecular complexity index is 598. The highest BCUT2D eigenvalue weighted by Gasteiger charge is 2.05. The third-order valence-corrected chi connectivity index (χ3v) is 2.50. The summed E-state index contributed by atoms with van der Waals surface area (Å²) in [5, 5.41) is 9.08. The van der Waals surface area contributed by atoms with Crippen LogP contribution in [0.4, 0.5) is 0 Å². The van der Waals surface area contributed by atoms with Gasteiger partial charge in [0, 0.05) is 18.9 Å². The van der Waals surface area contributed by atoms with E-state index in [0.29, 0.717) is 29.6 Å². The maximum atomic E-state index is 11.7. The molecule has 88 valence electrons. The molecule has 0 bridgehead atoms. The summed E-state index contributed by atoms with van der Waals surface area (Å²) >= 11 is 0. The molecule has 2 aromatic rings. The second-order valence-electron chi connectivity index (χ2n) is 3.82. The molecule has 4 nitrogen and oxygen atoms in total. The van der Waals surface area contributed by atoms with Gasteiger partial charge in [0.05, 0.1) is 5.39 Å². The normalized spacial score (nSPS) is 10.6. The van der Waals surface area contributed by atoms with E-state index < -0.39 is 5.97 Å². The van der Waals surface area contributed by atoms with Crippen molar-refractivity contribution in [1.82, 2.24) is 0 Å². The van der Waals surface area contributed by atoms with Crippen molar-refractivity contribution >= 4 is 16.9 Å². The number of benzene rings is 1. The van der Waals surface area contributed by atoms with E-state index in [9.17, 15) is 9.59 Å². The molecule has 0 radical (unpaired) electrons. The van der Waals surface area contributed by atoms with E-state index in [4.69, 9.17) is 9.52 Å². The van der Waals surface area contributed by atoms with E-state index in [0.717, 1.165) is 0 Å². The molecule has 0 aliphatic heterocycles. The number of carboxylic acids is 1. The molecule has 0 saturated heterocycles. The van der Waals surface area contributed by atoms with Gasteiger partial charge in [-0.2, -0.15) is 0 Å². The average molecular weight is 232 g/mol. The van der Waals surface area contributed by atoms with Crippen LogP contribution in [0, 0.1) is 0 Å². The number of para-hydroxylation sites is 1. The van der Waals surface area contributed by atoms with Crippen LogP contribution in [0.25, 0.3) is 11.0 Å². The molecule has 1 N–H and O–H groups in total. The van der Waals surface area contributed by atoms with Crippen LogP contribution in [0.2, 0.25) is 0 Å². The van der Waals surface area contributed by atoms with Crippen molar-refractivity contribution in [2.45, 2.75) is 19.3 Å². The van der Waals surface area contributed by atoms with Crippen LogP contribution < -0.4 is 5.43 Å². The highest BCUT2D eigenvalue weighted by atomic mass is 16.4. The minimum atomic E-state index is -0.840. The number of aliphatic carboxylic acids is 1. The molecule has 0 atom stereocenters. The van der Waals surface area contributed by atoms with Crippen LogP contribution in [0.1, 0.15) is 18.6 Å². The van der Waals surface area contributed by atoms with Gasteiger partial charge in [0.2, 0.25) is 0 Å². The molecule has 0 unspecified atom stereocenters. The van der Waals surface area contributed by atoms with Crippen molar-refractivity contribution in [2.75, 3.05) is 0 Å². The molecule has 4 heteroatoms. The highest BCUT2D eigenvalue weighted by Crippen LogP contribution is 2.13. The number of fused-ring (bicyclic) bond motifs is 1. The van der Waals surface area contributed by atoms with Crippen LogP contribution >= 0.6 is 0 Å². The largest absolute Gasteiger partial charge is 0.481 e. The Morgan fingerprint density at radius 2 is 2.06 bits per heavy atom. The SMILES string of the molecule is O=C(O)CCCc1cc(=O)c2ccccc2o1. The van der Waals surface area contributed by atoms with E-state index in [1.165, 1.54) is 6.07 Å². The van der Waals surface area contributed by atoms with Gasteiger partial charge < -0.3 is 9.52 Å². The molecule has 17 heavy (non-hydrogen) atoms. The molecule has 2 rings (SSSR count). The van der Waals surface area contributed by atoms with Crippen molar-refractivity contribution in [3.8, 4) is 0 Å². The Morgan fingerprint density at radius 3 is 2.82 bits per heavy atom. The first-order valence-corrected chi connectivity index (χ1v) is 5.40. The Labute approximate surface area is 97.5 Å². The van der Waals surface area contributed by atoms with Crippen molar-refractivity contribution in [2.24, 2.45) is 0 Å². The van der Waals surface area contributed by atoms with Gasteiger partial charge >= 0.3 is 5.97 Å². The zero-order valence-electron chi connectivity index (χ0n) is 9.18. The van der Waals surface area contributed by atoms with Crippen LogP contribution in [0.3, 0.4) is 0 Å². The zero-order chi connectivity index (χ0) is 12.3. The summed E-state index contributed by atoms with van der Waals surface area (Å²) in [6.07, 6.45) is 1.01. The molecule has 1 aromatic carbocycles. The first kappa shape index (κ1) is 11.4. The summed E-state index contributed by atoms with van der Waals surface area (Å²) in [7, 11) is 0. The Balaban J connectivity index is 2.25. The fraction of sp³-hybridized carbons (Fsp3) is 0.231. The minimum Gasteiger partial charge on any atom is -0.481 e. The topological polar surface area (TPSA) is 67.5 Å². The average Bonchev–Trinajstić information content (AvgIpc) is 2.28. The summed E-state index contributed by atoms with van der Waals surface area (Å²) in [6.45, 7) is 0. The van der Waals surface area contributed by atoms with Gasteiger partial charge in [-0.15, -0.1) is 0 Å². The quantitative estimate of drug-likeness (QED) is 0.877. The van der Waals surface area contributed by atoms with Crippen LogP contribution in [-0.4, -0.2) is 11.1 Å². The lowest BCUT2D eigenvalue weighted by Crippen LogP contribution is -2.03. The number of carbonyl (C=O) groups is 1. The molecular weight excluding hydrogens is 220 g/mol. The number of hydrogen-bond acceptors (Lipinski definition) is 3. The summed E-state index contributed by atoms with van der Waals surface area (Å²) in [5.41, 5.74) is 0.461. The van der Waals surface area contributed by atoms with Gasteiger partial charge in [0.1, 0.15) is 11.3 Å². The zero-order valence-corrected chi connectivity index (χ0v) is 9.18. The summed E-state index contributed by atoms with van der Waals surface area (Å²) in [4.78, 5) is 22.1. The third-order valence-electron chi connectivity index (χ3n) is 2.50. The maximum Gasteiger partial charge on any atom is 0.303 e. The van der Waals surface area contributed by atoms with Gasteiger partial charge in [-0.25, -0.2) is 0 Å². The van der Waals surface area contributed by atoms with Gasteiger partial charge in [0.15, 0.2) is 5.43 Å². The number of rotatable bonds is 4. The summed E-state index contributed by atoms with van der Waals surface area (Å²) in [6, 6.07) is 8.46. The van der Waals surface area contributed by atoms with E-state index in [-0.39, 0.29) is 11.8 Å². The van der Waals surface area contributed by atoms with Crippen molar-refractivity contribution in [3.05, 3.63) is 46.3 Å². The van der Waals surface area contributed by atoms with Crippen molar-refractivity contribution < 1.29 is 14.3 Å². The second-order valence-corrected chi connectivity index (χ2v) is 3.82. The van der Waals surface area contributed by atoms with Crippen LogP contribution in [0.15, 0.2) is 39.5 Å². The lowest BCUT2D eigenvalue weighted by Gasteiger charge is -2.01. The van der Waals surface area contributed by atoms with Crippen molar-refractivity contribution in [1.29, 1.82) is 0 Å². The standard InChI is InChI=1S/C13H12O4/c14-11-8-9(4-3-7-13(15)16)17-12-6-2-1-5-10(11)12/h1-2,5-6,8H,3-4,7H2,(H,15,16). The molecule has 0 saturated carbocycles. The van der Waals surface area contributed by atoms with E-state index >= 15 is 0 Å². The Morgan fingerprint density at radius 1 is 1.29 bits per heavy atom. The lowest BCUT2D eigenvalue weighted by molar-refractivity contribution is -0.137. The van der Waals surface area contributed by atoms with Crippen molar-refractivity contribution in [3.63, 3.8) is 0 Å². The van der Waals surface area contributed by atoms with E-state index in [2.05, 4.69) is 0 Å². The molecule has 0 amide bonds. The Hall–Kier alpha value is -2.10. The number of hydrogen-bond donors (Lipinski definition) is 1. The van der Waals surface area contributed by atoms with Gasteiger partial charge in [-0.1, -0.05) is 12.1 Å². The van der Waals surface area contributed by atoms with E-state index in [1.807, 2.05) is 0 Å². The fourth-order valence-electron chi connectivity index (χ4n) is 1.69. The second kappa shape index (κ2) is 4.82. The minimum absolute atomic E-state index is 0.0799.